The number of hydrogen-bond acceptors (Lipinski definition) is 7. The van der Waals surface area contributed by atoms with Gasteiger partial charge in [-0.3, -0.25) is 4.57 Å². The summed E-state index contributed by atoms with van der Waals surface area (Å²) in [7, 11) is 0. The molecule has 162 valence electrons. The van der Waals surface area contributed by atoms with Crippen LogP contribution in [0.4, 0.5) is 13.2 Å². The lowest BCUT2D eigenvalue weighted by Crippen LogP contribution is -2.34. The first-order valence-electron chi connectivity index (χ1n) is 9.05. The van der Waals surface area contributed by atoms with Crippen LogP contribution in [-0.4, -0.2) is 51.8 Å². The summed E-state index contributed by atoms with van der Waals surface area (Å²) in [5.41, 5.74) is -3.65. The Labute approximate surface area is 171 Å². The molecule has 2 aliphatic heterocycles. The Morgan fingerprint density at radius 1 is 1.27 bits per heavy atom. The van der Waals surface area contributed by atoms with Crippen LogP contribution in [0.1, 0.15) is 5.56 Å². The zero-order valence-electron chi connectivity index (χ0n) is 15.5. The SMILES string of the molecule is O=c1nc(OCC2COCCO2)cc2n1CCc1cc(OS(=O)C(F)(F)F)ccc1-2. The summed E-state index contributed by atoms with van der Waals surface area (Å²) < 4.78 is 70.9. The van der Waals surface area contributed by atoms with Gasteiger partial charge < -0.3 is 18.4 Å². The van der Waals surface area contributed by atoms with E-state index in [0.29, 0.717) is 49.6 Å². The molecule has 0 amide bonds. The lowest BCUT2D eigenvalue weighted by atomic mass is 9.97. The number of aromatic nitrogens is 2. The third-order valence-electron chi connectivity index (χ3n) is 4.61. The second kappa shape index (κ2) is 8.36. The van der Waals surface area contributed by atoms with Crippen LogP contribution >= 0.6 is 0 Å². The fourth-order valence-electron chi connectivity index (χ4n) is 3.25. The maximum Gasteiger partial charge on any atom is 0.508 e. The van der Waals surface area contributed by atoms with Crippen LogP contribution in [0.3, 0.4) is 0 Å². The van der Waals surface area contributed by atoms with E-state index >= 15 is 0 Å². The van der Waals surface area contributed by atoms with Crippen molar-refractivity contribution >= 4 is 11.1 Å². The van der Waals surface area contributed by atoms with Crippen molar-refractivity contribution in [3.05, 3.63) is 40.3 Å². The predicted octanol–water partition coefficient (Wildman–Crippen LogP) is 1.82. The van der Waals surface area contributed by atoms with E-state index in [2.05, 4.69) is 9.17 Å². The number of halogens is 3. The molecule has 3 heterocycles. The molecule has 0 spiro atoms. The zero-order chi connectivity index (χ0) is 21.3. The molecule has 2 unspecified atom stereocenters. The predicted molar refractivity (Wildman–Crippen MR) is 98.5 cm³/mol. The highest BCUT2D eigenvalue weighted by atomic mass is 32.2. The van der Waals surface area contributed by atoms with Crippen LogP contribution in [0.15, 0.2) is 29.1 Å². The first-order chi connectivity index (χ1) is 14.3. The zero-order valence-corrected chi connectivity index (χ0v) is 16.3. The summed E-state index contributed by atoms with van der Waals surface area (Å²) in [5.74, 6) is -0.0491. The van der Waals surface area contributed by atoms with E-state index in [9.17, 15) is 22.2 Å². The summed E-state index contributed by atoms with van der Waals surface area (Å²) in [4.78, 5) is 16.3. The molecular formula is C18H17F3N2O6S. The fourth-order valence-corrected chi connectivity index (χ4v) is 3.63. The standard InChI is InChI=1S/C18H17F3N2O6S/c19-18(20,21)30(25)29-12-1-2-14-11(7-12)3-4-23-15(14)8-16(22-17(23)24)28-10-13-9-26-5-6-27-13/h1-2,7-8,13H,3-6,9-10H2. The Hall–Kier alpha value is -2.44. The Morgan fingerprint density at radius 3 is 2.83 bits per heavy atom. The minimum atomic E-state index is -4.97. The monoisotopic (exact) mass is 446 g/mol. The van der Waals surface area contributed by atoms with E-state index in [4.69, 9.17) is 14.2 Å². The first kappa shape index (κ1) is 20.8. The molecule has 1 aromatic carbocycles. The second-order valence-corrected chi connectivity index (χ2v) is 7.72. The normalized spacial score (nSPS) is 19.5. The van der Waals surface area contributed by atoms with Crippen LogP contribution in [0.5, 0.6) is 11.6 Å². The lowest BCUT2D eigenvalue weighted by Gasteiger charge is -2.24. The van der Waals surface area contributed by atoms with E-state index in [1.165, 1.54) is 22.8 Å². The largest absolute Gasteiger partial charge is 0.508 e. The number of aryl methyl sites for hydroxylation is 1. The molecule has 30 heavy (non-hydrogen) atoms. The van der Waals surface area contributed by atoms with Gasteiger partial charge in [-0.2, -0.15) is 18.2 Å². The van der Waals surface area contributed by atoms with Crippen molar-refractivity contribution in [1.82, 2.24) is 9.55 Å². The Bertz CT molecular complexity index is 1020. The van der Waals surface area contributed by atoms with Gasteiger partial charge in [-0.1, -0.05) is 0 Å². The molecule has 0 aliphatic carbocycles. The molecule has 2 aliphatic rings. The Kier molecular flexibility index (Phi) is 5.80. The molecular weight excluding hydrogens is 429 g/mol. The maximum absolute atomic E-state index is 12.5. The van der Waals surface area contributed by atoms with Crippen LogP contribution in [0, 0.1) is 0 Å². The first-order valence-corrected chi connectivity index (χ1v) is 10.1. The van der Waals surface area contributed by atoms with E-state index in [1.54, 1.807) is 6.07 Å². The van der Waals surface area contributed by atoms with Crippen LogP contribution in [-0.2, 0) is 33.5 Å². The average Bonchev–Trinajstić information content (AvgIpc) is 2.72. The molecule has 0 N–H and O–H groups in total. The summed E-state index contributed by atoms with van der Waals surface area (Å²) in [6, 6.07) is 5.78. The summed E-state index contributed by atoms with van der Waals surface area (Å²) in [5, 5.41) is 0. The van der Waals surface area contributed by atoms with Gasteiger partial charge in [0, 0.05) is 18.2 Å². The van der Waals surface area contributed by atoms with Gasteiger partial charge in [-0.15, -0.1) is 0 Å². The van der Waals surface area contributed by atoms with Crippen molar-refractivity contribution in [2.24, 2.45) is 0 Å². The van der Waals surface area contributed by atoms with Crippen molar-refractivity contribution in [2.75, 3.05) is 26.4 Å². The molecule has 4 rings (SSSR count). The lowest BCUT2D eigenvalue weighted by molar-refractivity contribution is -0.102. The smallest absolute Gasteiger partial charge is 0.475 e. The topological polar surface area (TPSA) is 88.9 Å². The van der Waals surface area contributed by atoms with Gasteiger partial charge in [-0.25, -0.2) is 9.00 Å². The summed E-state index contributed by atoms with van der Waals surface area (Å²) in [6.07, 6.45) is 0.119. The quantitative estimate of drug-likeness (QED) is 0.692. The van der Waals surface area contributed by atoms with Gasteiger partial charge in [0.25, 0.3) is 0 Å². The minimum absolute atomic E-state index is 0.117. The number of rotatable bonds is 5. The number of ether oxygens (including phenoxy) is 3. The molecule has 2 aromatic rings. The van der Waals surface area contributed by atoms with Crippen molar-refractivity contribution in [3.63, 3.8) is 0 Å². The van der Waals surface area contributed by atoms with Crippen molar-refractivity contribution in [3.8, 4) is 22.9 Å². The summed E-state index contributed by atoms with van der Waals surface area (Å²) >= 11 is -3.45. The van der Waals surface area contributed by atoms with Crippen molar-refractivity contribution in [2.45, 2.75) is 24.6 Å². The average molecular weight is 446 g/mol. The third kappa shape index (κ3) is 4.50. The summed E-state index contributed by atoms with van der Waals surface area (Å²) in [6.45, 7) is 1.83. The van der Waals surface area contributed by atoms with E-state index in [0.717, 1.165) is 0 Å². The molecule has 1 saturated heterocycles. The number of alkyl halides is 3. The van der Waals surface area contributed by atoms with E-state index < -0.39 is 22.3 Å². The number of hydrogen-bond donors (Lipinski definition) is 0. The minimum Gasteiger partial charge on any atom is -0.475 e. The molecule has 2 atom stereocenters. The van der Waals surface area contributed by atoms with Gasteiger partial charge >= 0.3 is 22.3 Å². The molecule has 8 nitrogen and oxygen atoms in total. The highest BCUT2D eigenvalue weighted by Gasteiger charge is 2.40. The maximum atomic E-state index is 12.5. The molecule has 0 bridgehead atoms. The fraction of sp³-hybridized carbons (Fsp3) is 0.444. The van der Waals surface area contributed by atoms with Gasteiger partial charge in [0.1, 0.15) is 18.5 Å². The van der Waals surface area contributed by atoms with Crippen molar-refractivity contribution in [1.29, 1.82) is 0 Å². The van der Waals surface area contributed by atoms with Gasteiger partial charge in [0.05, 0.1) is 25.5 Å². The molecule has 1 fully saturated rings. The number of benzene rings is 1. The van der Waals surface area contributed by atoms with Crippen LogP contribution in [0.25, 0.3) is 11.3 Å². The third-order valence-corrected chi connectivity index (χ3v) is 5.33. The number of fused-ring (bicyclic) bond motifs is 3. The van der Waals surface area contributed by atoms with Crippen LogP contribution in [0.2, 0.25) is 0 Å². The van der Waals surface area contributed by atoms with Crippen LogP contribution < -0.4 is 14.6 Å². The second-order valence-electron chi connectivity index (χ2n) is 6.63. The van der Waals surface area contributed by atoms with Gasteiger partial charge in [0.2, 0.25) is 5.88 Å². The number of nitrogens with zero attached hydrogens (tertiary/aromatic N) is 2. The molecule has 0 saturated carbocycles. The van der Waals surface area contributed by atoms with E-state index in [-0.39, 0.29) is 24.3 Å². The molecule has 0 radical (unpaired) electrons. The molecule has 1 aromatic heterocycles. The van der Waals surface area contributed by atoms with Gasteiger partial charge in [-0.05, 0) is 30.2 Å². The van der Waals surface area contributed by atoms with E-state index in [1.807, 2.05) is 0 Å². The Morgan fingerprint density at radius 2 is 2.10 bits per heavy atom. The highest BCUT2D eigenvalue weighted by molar-refractivity contribution is 7.81. The Balaban J connectivity index is 1.57. The van der Waals surface area contributed by atoms with Gasteiger partial charge in [0.15, 0.2) is 0 Å². The highest BCUT2D eigenvalue weighted by Crippen LogP contribution is 2.33. The molecule has 12 heteroatoms. The van der Waals surface area contributed by atoms with Crippen molar-refractivity contribution < 1.29 is 35.8 Å².